The van der Waals surface area contributed by atoms with Crippen LogP contribution in [-0.4, -0.2) is 11.0 Å². The standard InChI is InChI=1S/C10H10F2N2O2/c11-8-4-7(14(15)16)5-9(12)10(8)13-6-2-1-3-6/h4-6,13H,1-3H2. The molecule has 16 heavy (non-hydrogen) atoms. The third-order valence-corrected chi connectivity index (χ3v) is 2.69. The monoisotopic (exact) mass is 228 g/mol. The van der Waals surface area contributed by atoms with Gasteiger partial charge in [-0.1, -0.05) is 0 Å². The number of anilines is 1. The lowest BCUT2D eigenvalue weighted by Gasteiger charge is -2.27. The Bertz CT molecular complexity index is 410. The molecule has 2 rings (SSSR count). The molecule has 0 unspecified atom stereocenters. The predicted octanol–water partition coefficient (Wildman–Crippen LogP) is 2.84. The second-order valence-electron chi connectivity index (χ2n) is 3.81. The van der Waals surface area contributed by atoms with Crippen molar-refractivity contribution in [2.75, 3.05) is 5.32 Å². The van der Waals surface area contributed by atoms with Gasteiger partial charge < -0.3 is 5.32 Å². The molecule has 0 aliphatic heterocycles. The Hall–Kier alpha value is -1.72. The van der Waals surface area contributed by atoms with Crippen molar-refractivity contribution in [2.45, 2.75) is 25.3 Å². The van der Waals surface area contributed by atoms with E-state index in [1.807, 2.05) is 0 Å². The molecule has 0 aromatic heterocycles. The van der Waals surface area contributed by atoms with Crippen LogP contribution >= 0.6 is 0 Å². The highest BCUT2D eigenvalue weighted by atomic mass is 19.1. The van der Waals surface area contributed by atoms with Gasteiger partial charge in [-0.2, -0.15) is 0 Å². The summed E-state index contributed by atoms with van der Waals surface area (Å²) < 4.78 is 26.8. The zero-order chi connectivity index (χ0) is 11.7. The van der Waals surface area contributed by atoms with Crippen LogP contribution in [0, 0.1) is 21.7 Å². The SMILES string of the molecule is O=[N+]([O-])c1cc(F)c(NC2CCC2)c(F)c1. The fraction of sp³-hybridized carbons (Fsp3) is 0.400. The van der Waals surface area contributed by atoms with Gasteiger partial charge in [0.2, 0.25) is 0 Å². The zero-order valence-corrected chi connectivity index (χ0v) is 8.37. The Morgan fingerprint density at radius 3 is 2.25 bits per heavy atom. The van der Waals surface area contributed by atoms with E-state index >= 15 is 0 Å². The summed E-state index contributed by atoms with van der Waals surface area (Å²) in [5.74, 6) is -1.84. The van der Waals surface area contributed by atoms with Crippen LogP contribution in [0.25, 0.3) is 0 Å². The molecule has 1 aliphatic rings. The molecule has 0 radical (unpaired) electrons. The lowest BCUT2D eigenvalue weighted by atomic mass is 9.93. The van der Waals surface area contributed by atoms with Gasteiger partial charge in [-0.05, 0) is 19.3 Å². The molecule has 1 aliphatic carbocycles. The minimum atomic E-state index is -0.918. The lowest BCUT2D eigenvalue weighted by Crippen LogP contribution is -2.28. The van der Waals surface area contributed by atoms with Crippen molar-refractivity contribution in [1.82, 2.24) is 0 Å². The quantitative estimate of drug-likeness (QED) is 0.639. The van der Waals surface area contributed by atoms with E-state index in [1.54, 1.807) is 0 Å². The van der Waals surface area contributed by atoms with Crippen LogP contribution in [0.3, 0.4) is 0 Å². The van der Waals surface area contributed by atoms with E-state index in [4.69, 9.17) is 0 Å². The van der Waals surface area contributed by atoms with Crippen molar-refractivity contribution >= 4 is 11.4 Å². The van der Waals surface area contributed by atoms with E-state index in [-0.39, 0.29) is 11.7 Å². The summed E-state index contributed by atoms with van der Waals surface area (Å²) in [5, 5.41) is 13.1. The average molecular weight is 228 g/mol. The molecule has 6 heteroatoms. The van der Waals surface area contributed by atoms with Gasteiger partial charge in [-0.25, -0.2) is 8.78 Å². The van der Waals surface area contributed by atoms with Gasteiger partial charge in [-0.3, -0.25) is 10.1 Å². The average Bonchev–Trinajstić information content (AvgIpc) is 2.13. The largest absolute Gasteiger partial charge is 0.378 e. The summed E-state index contributed by atoms with van der Waals surface area (Å²) >= 11 is 0. The third kappa shape index (κ3) is 1.95. The summed E-state index contributed by atoms with van der Waals surface area (Å²) in [5.41, 5.74) is -0.843. The Morgan fingerprint density at radius 1 is 1.31 bits per heavy atom. The van der Waals surface area contributed by atoms with Crippen molar-refractivity contribution in [3.63, 3.8) is 0 Å². The number of benzene rings is 1. The van der Waals surface area contributed by atoms with Crippen LogP contribution in [0.1, 0.15) is 19.3 Å². The number of non-ortho nitro benzene ring substituents is 1. The van der Waals surface area contributed by atoms with Gasteiger partial charge in [0.05, 0.1) is 17.1 Å². The van der Waals surface area contributed by atoms with Crippen molar-refractivity contribution in [3.05, 3.63) is 33.9 Å². The lowest BCUT2D eigenvalue weighted by molar-refractivity contribution is -0.385. The number of hydrogen-bond donors (Lipinski definition) is 1. The number of nitro groups is 1. The molecule has 1 fully saturated rings. The van der Waals surface area contributed by atoms with Crippen LogP contribution in [0.15, 0.2) is 12.1 Å². The predicted molar refractivity (Wildman–Crippen MR) is 54.3 cm³/mol. The molecule has 0 atom stereocenters. The fourth-order valence-corrected chi connectivity index (χ4v) is 1.56. The summed E-state index contributed by atoms with van der Waals surface area (Å²) in [7, 11) is 0. The summed E-state index contributed by atoms with van der Waals surface area (Å²) in [6, 6.07) is 1.53. The minimum absolute atomic E-state index is 0.0745. The van der Waals surface area contributed by atoms with Gasteiger partial charge in [0, 0.05) is 6.04 Å². The van der Waals surface area contributed by atoms with E-state index in [0.29, 0.717) is 0 Å². The first kappa shape index (κ1) is 10.8. The maximum Gasteiger partial charge on any atom is 0.275 e. The number of nitrogens with zero attached hydrogens (tertiary/aromatic N) is 1. The molecule has 86 valence electrons. The van der Waals surface area contributed by atoms with Crippen LogP contribution in [-0.2, 0) is 0 Å². The fourth-order valence-electron chi connectivity index (χ4n) is 1.56. The van der Waals surface area contributed by atoms with Gasteiger partial charge in [-0.15, -0.1) is 0 Å². The second kappa shape index (κ2) is 4.03. The molecule has 0 amide bonds. The second-order valence-corrected chi connectivity index (χ2v) is 3.81. The van der Waals surface area contributed by atoms with Crippen LogP contribution < -0.4 is 5.32 Å². The molecule has 0 spiro atoms. The van der Waals surface area contributed by atoms with Gasteiger partial charge in [0.25, 0.3) is 5.69 Å². The molecular weight excluding hydrogens is 218 g/mol. The first-order valence-corrected chi connectivity index (χ1v) is 4.98. The van der Waals surface area contributed by atoms with Crippen molar-refractivity contribution in [1.29, 1.82) is 0 Å². The molecule has 0 bridgehead atoms. The Morgan fingerprint density at radius 2 is 1.88 bits per heavy atom. The highest BCUT2D eigenvalue weighted by Gasteiger charge is 2.22. The third-order valence-electron chi connectivity index (χ3n) is 2.69. The van der Waals surface area contributed by atoms with Crippen molar-refractivity contribution in [3.8, 4) is 0 Å². The molecule has 4 nitrogen and oxygen atoms in total. The highest BCUT2D eigenvalue weighted by Crippen LogP contribution is 2.29. The van der Waals surface area contributed by atoms with Gasteiger partial charge >= 0.3 is 0 Å². The Labute approximate surface area is 90.4 Å². The van der Waals surface area contributed by atoms with E-state index in [9.17, 15) is 18.9 Å². The summed E-state index contributed by atoms with van der Waals surface area (Å²) in [6.07, 6.45) is 2.78. The highest BCUT2D eigenvalue weighted by molar-refractivity contribution is 5.52. The molecular formula is C10H10F2N2O2. The molecule has 1 N–H and O–H groups in total. The Kier molecular flexibility index (Phi) is 2.72. The molecule has 1 aromatic carbocycles. The first-order chi connectivity index (χ1) is 7.58. The van der Waals surface area contributed by atoms with E-state index in [2.05, 4.69) is 5.32 Å². The molecule has 0 heterocycles. The number of halogens is 2. The number of nitro benzene ring substituents is 1. The topological polar surface area (TPSA) is 55.2 Å². The zero-order valence-electron chi connectivity index (χ0n) is 8.37. The smallest absolute Gasteiger partial charge is 0.275 e. The minimum Gasteiger partial charge on any atom is -0.378 e. The van der Waals surface area contributed by atoms with Crippen LogP contribution in [0.4, 0.5) is 20.2 Å². The maximum absolute atomic E-state index is 13.4. The van der Waals surface area contributed by atoms with Crippen LogP contribution in [0.2, 0.25) is 0 Å². The Balaban J connectivity index is 2.27. The normalized spacial score (nSPS) is 15.6. The van der Waals surface area contributed by atoms with E-state index in [1.165, 1.54) is 0 Å². The summed E-state index contributed by atoms with van der Waals surface area (Å²) in [6.45, 7) is 0. The van der Waals surface area contributed by atoms with Crippen LogP contribution in [0.5, 0.6) is 0 Å². The number of nitrogens with one attached hydrogen (secondary N) is 1. The van der Waals surface area contributed by atoms with Crippen molar-refractivity contribution in [2.24, 2.45) is 0 Å². The van der Waals surface area contributed by atoms with Gasteiger partial charge in [0.1, 0.15) is 5.69 Å². The van der Waals surface area contributed by atoms with Gasteiger partial charge in [0.15, 0.2) is 11.6 Å². The number of rotatable bonds is 3. The molecule has 1 aromatic rings. The maximum atomic E-state index is 13.4. The molecule has 1 saturated carbocycles. The van der Waals surface area contributed by atoms with E-state index in [0.717, 1.165) is 31.4 Å². The van der Waals surface area contributed by atoms with Crippen molar-refractivity contribution < 1.29 is 13.7 Å². The van der Waals surface area contributed by atoms with E-state index < -0.39 is 22.2 Å². The molecule has 0 saturated heterocycles. The first-order valence-electron chi connectivity index (χ1n) is 4.98. The summed E-state index contributed by atoms with van der Waals surface area (Å²) in [4.78, 5) is 9.54. The number of hydrogen-bond acceptors (Lipinski definition) is 3.